The number of nitrogens with one attached hydrogen (secondary N) is 2. The molecule has 0 spiro atoms. The van der Waals surface area contributed by atoms with E-state index in [2.05, 4.69) is 10.3 Å². The lowest BCUT2D eigenvalue weighted by Crippen LogP contribution is -2.42. The zero-order valence-corrected chi connectivity index (χ0v) is 12.7. The summed E-state index contributed by atoms with van der Waals surface area (Å²) >= 11 is 0. The molecule has 0 bridgehead atoms. The lowest BCUT2D eigenvalue weighted by molar-refractivity contribution is -0.139. The van der Waals surface area contributed by atoms with Crippen LogP contribution in [0.15, 0.2) is 39.7 Å². The highest BCUT2D eigenvalue weighted by molar-refractivity contribution is 5.96. The summed E-state index contributed by atoms with van der Waals surface area (Å²) in [7, 11) is 0. The molecule has 1 amide bonds. The molecule has 23 heavy (non-hydrogen) atoms. The molecule has 0 radical (unpaired) electrons. The Morgan fingerprint density at radius 3 is 2.70 bits per heavy atom. The van der Waals surface area contributed by atoms with E-state index in [1.165, 1.54) is 18.4 Å². The first-order valence-corrected chi connectivity index (χ1v) is 7.33. The number of hydrogen-bond donors (Lipinski definition) is 3. The molecule has 2 heterocycles. The van der Waals surface area contributed by atoms with Crippen molar-refractivity contribution in [2.24, 2.45) is 0 Å². The van der Waals surface area contributed by atoms with Crippen LogP contribution in [-0.4, -0.2) is 28.0 Å². The Morgan fingerprint density at radius 1 is 1.35 bits per heavy atom. The molecule has 0 aliphatic carbocycles. The van der Waals surface area contributed by atoms with Gasteiger partial charge >= 0.3 is 5.97 Å². The molecule has 0 aromatic carbocycles. The lowest BCUT2D eigenvalue weighted by atomic mass is 10.1. The van der Waals surface area contributed by atoms with Crippen molar-refractivity contribution in [1.82, 2.24) is 10.3 Å². The minimum absolute atomic E-state index is 0.136. The van der Waals surface area contributed by atoms with E-state index < -0.39 is 23.5 Å². The van der Waals surface area contributed by atoms with Crippen molar-refractivity contribution in [3.8, 4) is 11.5 Å². The number of amides is 1. The van der Waals surface area contributed by atoms with Gasteiger partial charge in [-0.05, 0) is 30.7 Å². The monoisotopic (exact) mass is 318 g/mol. The van der Waals surface area contributed by atoms with E-state index in [9.17, 15) is 14.4 Å². The number of aromatic nitrogens is 1. The standard InChI is InChI=1S/C16H18N2O5/c1-2-3-5-12(16(21)22)18-15(20)10-7-8-11(17-14(10)19)13-6-4-9-23-13/h4,6-9,12H,2-3,5H2,1H3,(H,17,19)(H,18,20)(H,21,22). The largest absolute Gasteiger partial charge is 0.480 e. The van der Waals surface area contributed by atoms with Crippen LogP contribution in [-0.2, 0) is 4.79 Å². The minimum Gasteiger partial charge on any atom is -0.480 e. The van der Waals surface area contributed by atoms with E-state index in [1.807, 2.05) is 6.92 Å². The molecule has 1 atom stereocenters. The molecule has 1 unspecified atom stereocenters. The van der Waals surface area contributed by atoms with Crippen LogP contribution in [0.5, 0.6) is 0 Å². The third kappa shape index (κ3) is 4.09. The average Bonchev–Trinajstić information content (AvgIpc) is 3.05. The molecule has 2 rings (SSSR count). The van der Waals surface area contributed by atoms with Gasteiger partial charge in [0.1, 0.15) is 17.4 Å². The van der Waals surface area contributed by atoms with Gasteiger partial charge in [-0.15, -0.1) is 0 Å². The SMILES string of the molecule is CCCCC(NC(=O)c1ccc(-c2ccco2)[nH]c1=O)C(=O)O. The highest BCUT2D eigenvalue weighted by atomic mass is 16.4. The molecule has 0 saturated heterocycles. The fourth-order valence-electron chi connectivity index (χ4n) is 2.13. The average molecular weight is 318 g/mol. The third-order valence-electron chi connectivity index (χ3n) is 3.39. The van der Waals surface area contributed by atoms with Crippen LogP contribution in [0.25, 0.3) is 11.5 Å². The number of H-pyrrole nitrogens is 1. The number of aliphatic carboxylic acids is 1. The molecule has 0 saturated carbocycles. The second kappa shape index (κ2) is 7.44. The molecule has 0 fully saturated rings. The number of carboxylic acids is 1. The fourth-order valence-corrected chi connectivity index (χ4v) is 2.13. The van der Waals surface area contributed by atoms with Crippen molar-refractivity contribution in [3.05, 3.63) is 46.4 Å². The number of rotatable bonds is 7. The number of carbonyl (C=O) groups excluding carboxylic acids is 1. The smallest absolute Gasteiger partial charge is 0.326 e. The van der Waals surface area contributed by atoms with E-state index in [4.69, 9.17) is 9.52 Å². The maximum Gasteiger partial charge on any atom is 0.326 e. The summed E-state index contributed by atoms with van der Waals surface area (Å²) in [4.78, 5) is 37.9. The van der Waals surface area contributed by atoms with Crippen LogP contribution in [0.2, 0.25) is 0 Å². The second-order valence-electron chi connectivity index (χ2n) is 5.10. The molecular formula is C16H18N2O5. The van der Waals surface area contributed by atoms with E-state index in [1.54, 1.807) is 12.1 Å². The summed E-state index contributed by atoms with van der Waals surface area (Å²) in [5.74, 6) is -1.35. The van der Waals surface area contributed by atoms with Crippen LogP contribution in [0.3, 0.4) is 0 Å². The third-order valence-corrected chi connectivity index (χ3v) is 3.39. The minimum atomic E-state index is -1.12. The molecule has 7 nitrogen and oxygen atoms in total. The van der Waals surface area contributed by atoms with E-state index >= 15 is 0 Å². The van der Waals surface area contributed by atoms with E-state index in [0.29, 0.717) is 24.3 Å². The molecule has 2 aromatic heterocycles. The normalized spacial score (nSPS) is 11.9. The summed E-state index contributed by atoms with van der Waals surface area (Å²) in [6.45, 7) is 1.93. The Labute approximate surface area is 132 Å². The van der Waals surface area contributed by atoms with Gasteiger partial charge in [-0.1, -0.05) is 19.8 Å². The molecular weight excluding hydrogens is 300 g/mol. The van der Waals surface area contributed by atoms with E-state index in [0.717, 1.165) is 6.42 Å². The van der Waals surface area contributed by atoms with Crippen molar-refractivity contribution < 1.29 is 19.1 Å². The summed E-state index contributed by atoms with van der Waals surface area (Å²) < 4.78 is 5.17. The number of furan rings is 1. The van der Waals surface area contributed by atoms with Crippen LogP contribution >= 0.6 is 0 Å². The number of pyridine rings is 1. The van der Waals surface area contributed by atoms with Crippen molar-refractivity contribution in [1.29, 1.82) is 0 Å². The van der Waals surface area contributed by atoms with Gasteiger partial charge in [0.2, 0.25) is 0 Å². The van der Waals surface area contributed by atoms with Gasteiger partial charge < -0.3 is 19.8 Å². The molecule has 122 valence electrons. The molecule has 3 N–H and O–H groups in total. The Morgan fingerprint density at radius 2 is 2.13 bits per heavy atom. The zero-order chi connectivity index (χ0) is 16.8. The van der Waals surface area contributed by atoms with Crippen LogP contribution in [0.4, 0.5) is 0 Å². The molecule has 2 aromatic rings. The van der Waals surface area contributed by atoms with Gasteiger partial charge in [-0.25, -0.2) is 4.79 Å². The number of carboxylic acid groups (broad SMARTS) is 1. The first-order valence-electron chi connectivity index (χ1n) is 7.33. The molecule has 7 heteroatoms. The first-order chi connectivity index (χ1) is 11.0. The maximum atomic E-state index is 12.1. The van der Waals surface area contributed by atoms with Gasteiger partial charge in [-0.3, -0.25) is 9.59 Å². The van der Waals surface area contributed by atoms with Crippen molar-refractivity contribution in [3.63, 3.8) is 0 Å². The van der Waals surface area contributed by atoms with E-state index in [-0.39, 0.29) is 5.56 Å². The van der Waals surface area contributed by atoms with Gasteiger partial charge in [0.05, 0.1) is 12.0 Å². The zero-order valence-electron chi connectivity index (χ0n) is 12.7. The van der Waals surface area contributed by atoms with Crippen LogP contribution in [0.1, 0.15) is 36.5 Å². The highest BCUT2D eigenvalue weighted by Gasteiger charge is 2.21. The van der Waals surface area contributed by atoms with Crippen LogP contribution in [0, 0.1) is 0 Å². The molecule has 0 aliphatic rings. The number of hydrogen-bond acceptors (Lipinski definition) is 4. The fraction of sp³-hybridized carbons (Fsp3) is 0.312. The lowest BCUT2D eigenvalue weighted by Gasteiger charge is -2.13. The maximum absolute atomic E-state index is 12.1. The quantitative estimate of drug-likeness (QED) is 0.723. The predicted molar refractivity (Wildman–Crippen MR) is 83.2 cm³/mol. The first kappa shape index (κ1) is 16.5. The Hall–Kier alpha value is -2.83. The van der Waals surface area contributed by atoms with Crippen LogP contribution < -0.4 is 10.9 Å². The number of unbranched alkanes of at least 4 members (excludes halogenated alkanes) is 1. The summed E-state index contributed by atoms with van der Waals surface area (Å²) in [6.07, 6.45) is 3.28. The van der Waals surface area contributed by atoms with Crippen molar-refractivity contribution >= 4 is 11.9 Å². The van der Waals surface area contributed by atoms with Crippen molar-refractivity contribution in [2.45, 2.75) is 32.2 Å². The number of carbonyl (C=O) groups is 2. The summed E-state index contributed by atoms with van der Waals surface area (Å²) in [5, 5.41) is 11.5. The summed E-state index contributed by atoms with van der Waals surface area (Å²) in [6, 6.07) is 5.24. The highest BCUT2D eigenvalue weighted by Crippen LogP contribution is 2.15. The van der Waals surface area contributed by atoms with Gasteiger partial charge in [0.25, 0.3) is 11.5 Å². The Bertz CT molecular complexity index is 733. The summed E-state index contributed by atoms with van der Waals surface area (Å²) in [5.41, 5.74) is -0.295. The molecule has 0 aliphatic heterocycles. The number of aromatic amines is 1. The topological polar surface area (TPSA) is 112 Å². The Balaban J connectivity index is 2.16. The van der Waals surface area contributed by atoms with Gasteiger partial charge in [0, 0.05) is 0 Å². The van der Waals surface area contributed by atoms with Crippen molar-refractivity contribution in [2.75, 3.05) is 0 Å². The van der Waals surface area contributed by atoms with Gasteiger partial charge in [0.15, 0.2) is 0 Å². The second-order valence-corrected chi connectivity index (χ2v) is 5.10. The van der Waals surface area contributed by atoms with Gasteiger partial charge in [-0.2, -0.15) is 0 Å². The Kier molecular flexibility index (Phi) is 5.35. The predicted octanol–water partition coefficient (Wildman–Crippen LogP) is 2.01.